The Labute approximate surface area is 188 Å². The Morgan fingerprint density at radius 1 is 0.969 bits per heavy atom. The van der Waals surface area contributed by atoms with Gasteiger partial charge in [-0.3, -0.25) is 4.79 Å². The highest BCUT2D eigenvalue weighted by molar-refractivity contribution is 5.83. The molecule has 0 aromatic heterocycles. The van der Waals surface area contributed by atoms with E-state index in [0.29, 0.717) is 19.3 Å². The molecule has 2 aromatic rings. The van der Waals surface area contributed by atoms with E-state index in [1.54, 1.807) is 6.92 Å². The van der Waals surface area contributed by atoms with Crippen LogP contribution in [0.2, 0.25) is 0 Å². The molecule has 1 aliphatic carbocycles. The molecule has 2 amide bonds. The SMILES string of the molecule is CCC[C@@H](NC(=O)CCC(C)NC(=O)OCC1c2ccccc2-c2ccccc21)C(=O)O. The standard InChI is InChI=1S/C25H30N2O5/c1-3-8-22(24(29)30)27-23(28)14-13-16(2)26-25(31)32-15-21-19-11-6-4-9-17(19)18-10-5-7-12-20(18)21/h4-7,9-12,16,21-22H,3,8,13-15H2,1-2H3,(H,26,31)(H,27,28)(H,29,30)/t16?,22-/m1/s1. The van der Waals surface area contributed by atoms with Gasteiger partial charge < -0.3 is 20.5 Å². The van der Waals surface area contributed by atoms with Crippen molar-refractivity contribution in [1.29, 1.82) is 0 Å². The lowest BCUT2D eigenvalue weighted by Crippen LogP contribution is -2.41. The van der Waals surface area contributed by atoms with Crippen molar-refractivity contribution in [3.8, 4) is 11.1 Å². The van der Waals surface area contributed by atoms with Crippen LogP contribution in [0.4, 0.5) is 4.79 Å². The number of aliphatic carboxylic acids is 1. The third-order valence-corrected chi connectivity index (χ3v) is 5.72. The fourth-order valence-electron chi connectivity index (χ4n) is 4.07. The number of carbonyl (C=O) groups is 3. The molecule has 7 nitrogen and oxygen atoms in total. The summed E-state index contributed by atoms with van der Waals surface area (Å²) in [5.74, 6) is -1.39. The minimum atomic E-state index is -1.04. The van der Waals surface area contributed by atoms with Gasteiger partial charge in [0.05, 0.1) is 0 Å². The highest BCUT2D eigenvalue weighted by atomic mass is 16.5. The summed E-state index contributed by atoms with van der Waals surface area (Å²) in [6.07, 6.45) is 1.02. The summed E-state index contributed by atoms with van der Waals surface area (Å²) in [7, 11) is 0. The Bertz CT molecular complexity index is 929. The number of amides is 2. The summed E-state index contributed by atoms with van der Waals surface area (Å²) in [4.78, 5) is 35.5. The minimum absolute atomic E-state index is 0.0132. The van der Waals surface area contributed by atoms with E-state index in [0.717, 1.165) is 11.1 Å². The number of nitrogens with one attached hydrogen (secondary N) is 2. The van der Waals surface area contributed by atoms with Crippen LogP contribution in [0.1, 0.15) is 56.6 Å². The first-order valence-electron chi connectivity index (χ1n) is 11.0. The molecule has 2 atom stereocenters. The van der Waals surface area contributed by atoms with Crippen molar-refractivity contribution in [2.75, 3.05) is 6.61 Å². The van der Waals surface area contributed by atoms with Gasteiger partial charge in [0.15, 0.2) is 0 Å². The van der Waals surface area contributed by atoms with Gasteiger partial charge in [-0.25, -0.2) is 9.59 Å². The summed E-state index contributed by atoms with van der Waals surface area (Å²) in [5.41, 5.74) is 4.62. The van der Waals surface area contributed by atoms with E-state index in [1.807, 2.05) is 31.2 Å². The van der Waals surface area contributed by atoms with Crippen LogP contribution in [-0.2, 0) is 14.3 Å². The Hall–Kier alpha value is -3.35. The molecule has 1 aliphatic rings. The quantitative estimate of drug-likeness (QED) is 0.519. The molecule has 2 aromatic carbocycles. The number of ether oxygens (including phenoxy) is 1. The number of hydrogen-bond donors (Lipinski definition) is 3. The molecule has 3 N–H and O–H groups in total. The van der Waals surface area contributed by atoms with Gasteiger partial charge in [-0.05, 0) is 42.0 Å². The van der Waals surface area contributed by atoms with E-state index in [9.17, 15) is 14.4 Å². The van der Waals surface area contributed by atoms with Crippen molar-refractivity contribution in [2.45, 2.75) is 57.5 Å². The number of carboxylic acid groups (broad SMARTS) is 1. The fourth-order valence-corrected chi connectivity index (χ4v) is 4.07. The summed E-state index contributed by atoms with van der Waals surface area (Å²) >= 11 is 0. The molecule has 0 radical (unpaired) electrons. The number of carbonyl (C=O) groups excluding carboxylic acids is 2. The number of hydrogen-bond acceptors (Lipinski definition) is 4. The molecule has 0 spiro atoms. The van der Waals surface area contributed by atoms with Crippen molar-refractivity contribution >= 4 is 18.0 Å². The molecule has 1 unspecified atom stereocenters. The normalized spacial score (nSPS) is 14.1. The molecular weight excluding hydrogens is 408 g/mol. The van der Waals surface area contributed by atoms with E-state index in [2.05, 4.69) is 34.9 Å². The third-order valence-electron chi connectivity index (χ3n) is 5.72. The van der Waals surface area contributed by atoms with E-state index < -0.39 is 18.1 Å². The van der Waals surface area contributed by atoms with Crippen LogP contribution in [0.25, 0.3) is 11.1 Å². The minimum Gasteiger partial charge on any atom is -0.480 e. The number of rotatable bonds is 10. The first kappa shape index (κ1) is 23.3. The molecule has 3 rings (SSSR count). The number of benzene rings is 2. The zero-order chi connectivity index (χ0) is 23.1. The molecule has 0 aliphatic heterocycles. The smallest absolute Gasteiger partial charge is 0.407 e. The lowest BCUT2D eigenvalue weighted by Gasteiger charge is -2.18. The first-order chi connectivity index (χ1) is 15.4. The summed E-state index contributed by atoms with van der Waals surface area (Å²) in [5, 5.41) is 14.4. The lowest BCUT2D eigenvalue weighted by molar-refractivity contribution is -0.142. The molecule has 0 heterocycles. The van der Waals surface area contributed by atoms with E-state index in [1.165, 1.54) is 11.1 Å². The van der Waals surface area contributed by atoms with E-state index in [4.69, 9.17) is 9.84 Å². The van der Waals surface area contributed by atoms with Gasteiger partial charge in [-0.15, -0.1) is 0 Å². The predicted octanol–water partition coefficient (Wildman–Crippen LogP) is 4.06. The van der Waals surface area contributed by atoms with Gasteiger partial charge in [-0.1, -0.05) is 61.9 Å². The van der Waals surface area contributed by atoms with Gasteiger partial charge in [-0.2, -0.15) is 0 Å². The summed E-state index contributed by atoms with van der Waals surface area (Å²) < 4.78 is 5.52. The van der Waals surface area contributed by atoms with Crippen molar-refractivity contribution in [1.82, 2.24) is 10.6 Å². The topological polar surface area (TPSA) is 105 Å². The Kier molecular flexibility index (Phi) is 7.87. The molecule has 7 heteroatoms. The second kappa shape index (κ2) is 10.8. The van der Waals surface area contributed by atoms with Crippen LogP contribution in [-0.4, -0.2) is 41.8 Å². The van der Waals surface area contributed by atoms with Crippen molar-refractivity contribution in [2.24, 2.45) is 0 Å². The van der Waals surface area contributed by atoms with Crippen molar-refractivity contribution in [3.05, 3.63) is 59.7 Å². The van der Waals surface area contributed by atoms with Crippen LogP contribution in [0.15, 0.2) is 48.5 Å². The van der Waals surface area contributed by atoms with Crippen LogP contribution < -0.4 is 10.6 Å². The summed E-state index contributed by atoms with van der Waals surface area (Å²) in [6, 6.07) is 15.1. The van der Waals surface area contributed by atoms with Gasteiger partial charge >= 0.3 is 12.1 Å². The Morgan fingerprint density at radius 2 is 1.56 bits per heavy atom. The molecule has 0 saturated heterocycles. The van der Waals surface area contributed by atoms with E-state index >= 15 is 0 Å². The third kappa shape index (κ3) is 5.66. The second-order valence-corrected chi connectivity index (χ2v) is 8.16. The molecule has 32 heavy (non-hydrogen) atoms. The van der Waals surface area contributed by atoms with Crippen LogP contribution in [0.5, 0.6) is 0 Å². The zero-order valence-corrected chi connectivity index (χ0v) is 18.5. The Balaban J connectivity index is 1.47. The second-order valence-electron chi connectivity index (χ2n) is 8.16. The van der Waals surface area contributed by atoms with E-state index in [-0.39, 0.29) is 30.9 Å². The molecule has 170 valence electrons. The van der Waals surface area contributed by atoms with Gasteiger partial charge in [0, 0.05) is 18.4 Å². The zero-order valence-electron chi connectivity index (χ0n) is 18.5. The number of alkyl carbamates (subject to hydrolysis) is 1. The molecule has 0 fully saturated rings. The van der Waals surface area contributed by atoms with Gasteiger partial charge in [0.25, 0.3) is 0 Å². The van der Waals surface area contributed by atoms with Gasteiger partial charge in [0.1, 0.15) is 12.6 Å². The number of carboxylic acids is 1. The maximum Gasteiger partial charge on any atom is 0.407 e. The molecule has 0 bridgehead atoms. The predicted molar refractivity (Wildman–Crippen MR) is 121 cm³/mol. The average molecular weight is 439 g/mol. The number of fused-ring (bicyclic) bond motifs is 3. The van der Waals surface area contributed by atoms with Crippen LogP contribution >= 0.6 is 0 Å². The monoisotopic (exact) mass is 438 g/mol. The average Bonchev–Trinajstić information content (AvgIpc) is 3.10. The van der Waals surface area contributed by atoms with Crippen molar-refractivity contribution < 1.29 is 24.2 Å². The molecule has 0 saturated carbocycles. The Morgan fingerprint density at radius 3 is 2.12 bits per heavy atom. The van der Waals surface area contributed by atoms with Gasteiger partial charge in [0.2, 0.25) is 5.91 Å². The maximum atomic E-state index is 12.3. The molecular formula is C25H30N2O5. The first-order valence-corrected chi connectivity index (χ1v) is 11.0. The fraction of sp³-hybridized carbons (Fsp3) is 0.400. The summed E-state index contributed by atoms with van der Waals surface area (Å²) in [6.45, 7) is 3.88. The van der Waals surface area contributed by atoms with Crippen molar-refractivity contribution in [3.63, 3.8) is 0 Å². The largest absolute Gasteiger partial charge is 0.480 e. The highest BCUT2D eigenvalue weighted by Crippen LogP contribution is 2.44. The highest BCUT2D eigenvalue weighted by Gasteiger charge is 2.29. The lowest BCUT2D eigenvalue weighted by atomic mass is 9.98. The van der Waals surface area contributed by atoms with Crippen LogP contribution in [0.3, 0.4) is 0 Å². The van der Waals surface area contributed by atoms with Crippen LogP contribution in [0, 0.1) is 0 Å². The maximum absolute atomic E-state index is 12.3.